The molecule has 0 bridgehead atoms. The van der Waals surface area contributed by atoms with Crippen LogP contribution in [-0.2, 0) is 6.54 Å². The number of ether oxygens (including phenoxy) is 2. The fourth-order valence-corrected chi connectivity index (χ4v) is 4.29. The maximum atomic E-state index is 11.9. The van der Waals surface area contributed by atoms with Crippen molar-refractivity contribution < 1.29 is 19.5 Å². The van der Waals surface area contributed by atoms with Gasteiger partial charge >= 0.3 is 0 Å². The predicted molar refractivity (Wildman–Crippen MR) is 118 cm³/mol. The van der Waals surface area contributed by atoms with Crippen LogP contribution in [0.4, 0.5) is 17.2 Å². The van der Waals surface area contributed by atoms with Crippen molar-refractivity contribution >= 4 is 28.1 Å². The molecular formula is C22H23N5O5. The van der Waals surface area contributed by atoms with Gasteiger partial charge in [0.05, 0.1) is 10.4 Å². The van der Waals surface area contributed by atoms with Crippen LogP contribution in [0.2, 0.25) is 0 Å². The molecule has 0 spiro atoms. The molecule has 3 heterocycles. The second kappa shape index (κ2) is 8.46. The molecule has 3 aromatic rings. The first-order valence-corrected chi connectivity index (χ1v) is 10.5. The van der Waals surface area contributed by atoms with Crippen molar-refractivity contribution in [1.29, 1.82) is 0 Å². The highest BCUT2D eigenvalue weighted by molar-refractivity contribution is 5.94. The molecule has 1 aromatic heterocycles. The van der Waals surface area contributed by atoms with Crippen LogP contribution in [0.3, 0.4) is 0 Å². The van der Waals surface area contributed by atoms with Crippen molar-refractivity contribution in [2.75, 3.05) is 36.7 Å². The first kappa shape index (κ1) is 20.3. The molecule has 0 radical (unpaired) electrons. The van der Waals surface area contributed by atoms with Crippen molar-refractivity contribution in [3.63, 3.8) is 0 Å². The average Bonchev–Trinajstić information content (AvgIpc) is 3.29. The lowest BCUT2D eigenvalue weighted by atomic mass is 9.98. The summed E-state index contributed by atoms with van der Waals surface area (Å²) in [4.78, 5) is 22.2. The fourth-order valence-electron chi connectivity index (χ4n) is 4.29. The summed E-state index contributed by atoms with van der Waals surface area (Å²) in [7, 11) is 0. The summed E-state index contributed by atoms with van der Waals surface area (Å²) in [6.07, 6.45) is 3.25. The maximum absolute atomic E-state index is 11.9. The van der Waals surface area contributed by atoms with E-state index in [9.17, 15) is 15.2 Å². The zero-order valence-corrected chi connectivity index (χ0v) is 17.4. The Hall–Kier alpha value is -3.66. The van der Waals surface area contributed by atoms with Gasteiger partial charge in [0.15, 0.2) is 11.5 Å². The number of nitrogens with one attached hydrogen (secondary N) is 1. The molecule has 2 aliphatic rings. The van der Waals surface area contributed by atoms with Gasteiger partial charge < -0.3 is 24.8 Å². The summed E-state index contributed by atoms with van der Waals surface area (Å²) >= 11 is 0. The van der Waals surface area contributed by atoms with Crippen molar-refractivity contribution in [3.8, 4) is 11.5 Å². The quantitative estimate of drug-likeness (QED) is 0.442. The molecule has 0 amide bonds. The number of rotatable bonds is 6. The minimum Gasteiger partial charge on any atom is -0.454 e. The third-order valence-electron chi connectivity index (χ3n) is 5.94. The van der Waals surface area contributed by atoms with Crippen molar-refractivity contribution in [2.45, 2.75) is 19.4 Å². The number of aliphatic hydroxyl groups excluding tert-OH is 1. The topological polar surface area (TPSA) is 123 Å². The first-order chi connectivity index (χ1) is 15.6. The summed E-state index contributed by atoms with van der Waals surface area (Å²) < 4.78 is 10.8. The number of aromatic nitrogens is 2. The van der Waals surface area contributed by atoms with Gasteiger partial charge in [0.1, 0.15) is 17.8 Å². The normalized spacial score (nSPS) is 17.5. The van der Waals surface area contributed by atoms with Gasteiger partial charge in [0.2, 0.25) is 6.79 Å². The Kier molecular flexibility index (Phi) is 5.36. The number of hydrogen-bond donors (Lipinski definition) is 2. The summed E-state index contributed by atoms with van der Waals surface area (Å²) in [6.45, 7) is 2.05. The maximum Gasteiger partial charge on any atom is 0.293 e. The molecule has 2 aromatic carbocycles. The van der Waals surface area contributed by atoms with E-state index in [2.05, 4.69) is 15.3 Å². The zero-order chi connectivity index (χ0) is 22.1. The fraction of sp³-hybridized carbons (Fsp3) is 0.364. The van der Waals surface area contributed by atoms with Crippen LogP contribution in [0.5, 0.6) is 11.5 Å². The molecule has 2 N–H and O–H groups in total. The van der Waals surface area contributed by atoms with Gasteiger partial charge in [-0.05, 0) is 42.5 Å². The first-order valence-electron chi connectivity index (χ1n) is 10.5. The Morgan fingerprint density at radius 1 is 1.22 bits per heavy atom. The molecule has 1 saturated heterocycles. The van der Waals surface area contributed by atoms with E-state index in [0.717, 1.165) is 18.4 Å². The number of nitro groups is 1. The molecule has 2 aliphatic heterocycles. The van der Waals surface area contributed by atoms with Gasteiger partial charge in [-0.1, -0.05) is 6.07 Å². The molecule has 10 heteroatoms. The number of nitrogens with zero attached hydrogens (tertiary/aromatic N) is 4. The van der Waals surface area contributed by atoms with Crippen molar-refractivity contribution in [1.82, 2.24) is 9.97 Å². The molecule has 0 aliphatic carbocycles. The molecule has 1 fully saturated rings. The van der Waals surface area contributed by atoms with Crippen LogP contribution in [0.25, 0.3) is 10.9 Å². The highest BCUT2D eigenvalue weighted by Crippen LogP contribution is 2.37. The van der Waals surface area contributed by atoms with E-state index in [-0.39, 0.29) is 29.9 Å². The Morgan fingerprint density at radius 2 is 2.09 bits per heavy atom. The van der Waals surface area contributed by atoms with Crippen LogP contribution < -0.4 is 19.7 Å². The Labute approximate surface area is 184 Å². The van der Waals surface area contributed by atoms with E-state index in [0.29, 0.717) is 53.5 Å². The monoisotopic (exact) mass is 437 g/mol. The molecule has 0 saturated carbocycles. The number of aliphatic hydroxyl groups is 1. The number of piperidine rings is 1. The van der Waals surface area contributed by atoms with E-state index < -0.39 is 0 Å². The van der Waals surface area contributed by atoms with Gasteiger partial charge in [-0.25, -0.2) is 9.97 Å². The van der Waals surface area contributed by atoms with Gasteiger partial charge in [-0.15, -0.1) is 0 Å². The molecule has 10 nitrogen and oxygen atoms in total. The van der Waals surface area contributed by atoms with Gasteiger partial charge in [0, 0.05) is 37.7 Å². The molecule has 32 heavy (non-hydrogen) atoms. The largest absolute Gasteiger partial charge is 0.454 e. The van der Waals surface area contributed by atoms with E-state index in [1.165, 1.54) is 12.4 Å². The third kappa shape index (κ3) is 3.84. The van der Waals surface area contributed by atoms with Crippen LogP contribution in [0, 0.1) is 16.0 Å². The second-order valence-electron chi connectivity index (χ2n) is 8.02. The SMILES string of the molecule is O=[N+]([O-])c1cc2c(NCc3ccc4c(c3)OCO4)ncnc2cc1N1CCCC(CO)C1. The molecule has 5 rings (SSSR count). The summed E-state index contributed by atoms with van der Waals surface area (Å²) in [5.41, 5.74) is 2.13. The van der Waals surface area contributed by atoms with Crippen LogP contribution in [0.15, 0.2) is 36.7 Å². The van der Waals surface area contributed by atoms with Gasteiger partial charge in [0.25, 0.3) is 5.69 Å². The van der Waals surface area contributed by atoms with Crippen LogP contribution in [-0.4, -0.2) is 46.5 Å². The molecule has 1 unspecified atom stereocenters. The summed E-state index contributed by atoms with van der Waals surface area (Å²) in [5, 5.41) is 25.3. The number of anilines is 2. The number of hydrogen-bond acceptors (Lipinski definition) is 9. The Bertz CT molecular complexity index is 1170. The van der Waals surface area contributed by atoms with E-state index >= 15 is 0 Å². The van der Waals surface area contributed by atoms with E-state index in [1.807, 2.05) is 23.1 Å². The lowest BCUT2D eigenvalue weighted by molar-refractivity contribution is -0.384. The second-order valence-corrected chi connectivity index (χ2v) is 8.02. The standard InChI is InChI=1S/C22H23N5O5/c28-11-15-2-1-5-26(10-15)18-8-17-16(7-19(18)27(29)30)22(25-12-24-17)23-9-14-3-4-20-21(6-14)32-13-31-20/h3-4,6-8,12,15,28H,1-2,5,9-11,13H2,(H,23,24,25). The minimum absolute atomic E-state index is 0.0111. The number of nitro benzene ring substituents is 1. The van der Waals surface area contributed by atoms with Crippen LogP contribution >= 0.6 is 0 Å². The summed E-state index contributed by atoms with van der Waals surface area (Å²) in [5.74, 6) is 2.04. The zero-order valence-electron chi connectivity index (χ0n) is 17.4. The number of benzene rings is 2. The highest BCUT2D eigenvalue weighted by atomic mass is 16.7. The van der Waals surface area contributed by atoms with Crippen molar-refractivity contribution in [3.05, 3.63) is 52.3 Å². The average molecular weight is 437 g/mol. The third-order valence-corrected chi connectivity index (χ3v) is 5.94. The predicted octanol–water partition coefficient (Wildman–Crippen LogP) is 3.09. The lowest BCUT2D eigenvalue weighted by Crippen LogP contribution is -2.37. The smallest absolute Gasteiger partial charge is 0.293 e. The van der Waals surface area contributed by atoms with E-state index in [1.54, 1.807) is 6.07 Å². The Balaban J connectivity index is 1.45. The minimum atomic E-state index is -0.369. The molecule has 1 atom stereocenters. The Morgan fingerprint density at radius 3 is 2.94 bits per heavy atom. The van der Waals surface area contributed by atoms with Crippen molar-refractivity contribution in [2.24, 2.45) is 5.92 Å². The van der Waals surface area contributed by atoms with Gasteiger partial charge in [-0.2, -0.15) is 0 Å². The molecular weight excluding hydrogens is 414 g/mol. The van der Waals surface area contributed by atoms with Gasteiger partial charge in [-0.3, -0.25) is 10.1 Å². The lowest BCUT2D eigenvalue weighted by Gasteiger charge is -2.33. The number of fused-ring (bicyclic) bond motifs is 2. The van der Waals surface area contributed by atoms with Crippen LogP contribution in [0.1, 0.15) is 18.4 Å². The molecule has 166 valence electrons. The summed E-state index contributed by atoms with van der Waals surface area (Å²) in [6, 6.07) is 8.97. The highest BCUT2D eigenvalue weighted by Gasteiger charge is 2.27. The van der Waals surface area contributed by atoms with E-state index in [4.69, 9.17) is 9.47 Å².